The van der Waals surface area contributed by atoms with Crippen molar-refractivity contribution in [3.63, 3.8) is 0 Å². The largest absolute Gasteiger partial charge is 0.381 e. The second-order valence-corrected chi connectivity index (χ2v) is 4.73. The molecule has 0 aromatic carbocycles. The van der Waals surface area contributed by atoms with Crippen molar-refractivity contribution in [1.82, 2.24) is 10.3 Å². The average molecular weight is 234 g/mol. The van der Waals surface area contributed by atoms with Crippen LogP contribution in [0.25, 0.3) is 0 Å². The molecule has 1 aromatic heterocycles. The van der Waals surface area contributed by atoms with Gasteiger partial charge < -0.3 is 10.1 Å². The molecule has 0 aliphatic carbocycles. The molecule has 17 heavy (non-hydrogen) atoms. The highest BCUT2D eigenvalue weighted by molar-refractivity contribution is 5.08. The lowest BCUT2D eigenvalue weighted by molar-refractivity contribution is 0.0863. The maximum Gasteiger partial charge on any atom is 0.0495 e. The van der Waals surface area contributed by atoms with Gasteiger partial charge in [0.2, 0.25) is 0 Å². The standard InChI is InChI=1S/C14H22N2O/c1-3-13(11-16-7-1)4-2-10-17-12-14-5-8-15-9-6-14/h1,3,7,11,14-15H,2,4-6,8-10,12H2. The van der Waals surface area contributed by atoms with Gasteiger partial charge in [0.1, 0.15) is 0 Å². The zero-order chi connectivity index (χ0) is 11.8. The molecule has 0 bridgehead atoms. The van der Waals surface area contributed by atoms with Crippen molar-refractivity contribution < 1.29 is 4.74 Å². The minimum absolute atomic E-state index is 0.773. The van der Waals surface area contributed by atoms with Gasteiger partial charge in [-0.05, 0) is 56.3 Å². The fourth-order valence-corrected chi connectivity index (χ4v) is 2.22. The highest BCUT2D eigenvalue weighted by Crippen LogP contribution is 2.11. The summed E-state index contributed by atoms with van der Waals surface area (Å²) in [5.41, 5.74) is 1.30. The van der Waals surface area contributed by atoms with Gasteiger partial charge in [-0.25, -0.2) is 0 Å². The van der Waals surface area contributed by atoms with Crippen molar-refractivity contribution >= 4 is 0 Å². The highest BCUT2D eigenvalue weighted by atomic mass is 16.5. The van der Waals surface area contributed by atoms with Crippen LogP contribution in [-0.2, 0) is 11.2 Å². The van der Waals surface area contributed by atoms with Crippen LogP contribution in [0.1, 0.15) is 24.8 Å². The Morgan fingerprint density at radius 3 is 3.00 bits per heavy atom. The van der Waals surface area contributed by atoms with E-state index < -0.39 is 0 Å². The maximum absolute atomic E-state index is 5.75. The van der Waals surface area contributed by atoms with Crippen LogP contribution in [-0.4, -0.2) is 31.3 Å². The second-order valence-electron chi connectivity index (χ2n) is 4.73. The molecule has 0 saturated carbocycles. The molecule has 1 aliphatic heterocycles. The molecule has 0 radical (unpaired) electrons. The van der Waals surface area contributed by atoms with E-state index in [1.54, 1.807) is 0 Å². The fourth-order valence-electron chi connectivity index (χ4n) is 2.22. The number of aryl methyl sites for hydroxylation is 1. The van der Waals surface area contributed by atoms with E-state index in [0.717, 1.165) is 45.1 Å². The first-order valence-electron chi connectivity index (χ1n) is 6.62. The van der Waals surface area contributed by atoms with E-state index in [2.05, 4.69) is 16.4 Å². The van der Waals surface area contributed by atoms with Crippen LogP contribution in [0.3, 0.4) is 0 Å². The van der Waals surface area contributed by atoms with Crippen molar-refractivity contribution in [3.8, 4) is 0 Å². The smallest absolute Gasteiger partial charge is 0.0495 e. The Kier molecular flexibility index (Phi) is 5.46. The van der Waals surface area contributed by atoms with Crippen molar-refractivity contribution in [1.29, 1.82) is 0 Å². The molecule has 2 rings (SSSR count). The lowest BCUT2D eigenvalue weighted by atomic mass is 9.99. The Hall–Kier alpha value is -0.930. The zero-order valence-corrected chi connectivity index (χ0v) is 10.4. The summed E-state index contributed by atoms with van der Waals surface area (Å²) in [5.74, 6) is 0.773. The molecule has 3 nitrogen and oxygen atoms in total. The van der Waals surface area contributed by atoms with E-state index >= 15 is 0 Å². The van der Waals surface area contributed by atoms with Gasteiger partial charge in [0.05, 0.1) is 0 Å². The fraction of sp³-hybridized carbons (Fsp3) is 0.643. The zero-order valence-electron chi connectivity index (χ0n) is 10.4. The Bertz CT molecular complexity index is 296. The van der Waals surface area contributed by atoms with Crippen LogP contribution in [0.2, 0.25) is 0 Å². The number of rotatable bonds is 6. The van der Waals surface area contributed by atoms with Gasteiger partial charge in [-0.15, -0.1) is 0 Å². The summed E-state index contributed by atoms with van der Waals surface area (Å²) in [7, 11) is 0. The van der Waals surface area contributed by atoms with Crippen molar-refractivity contribution in [2.45, 2.75) is 25.7 Å². The summed E-state index contributed by atoms with van der Waals surface area (Å²) in [6.45, 7) is 4.13. The van der Waals surface area contributed by atoms with Gasteiger partial charge in [-0.1, -0.05) is 6.07 Å². The molecule has 2 heterocycles. The van der Waals surface area contributed by atoms with Gasteiger partial charge in [0, 0.05) is 25.6 Å². The van der Waals surface area contributed by atoms with Crippen LogP contribution in [0.15, 0.2) is 24.5 Å². The first kappa shape index (κ1) is 12.5. The van der Waals surface area contributed by atoms with E-state index in [9.17, 15) is 0 Å². The van der Waals surface area contributed by atoms with Crippen molar-refractivity contribution in [3.05, 3.63) is 30.1 Å². The molecule has 94 valence electrons. The molecule has 0 unspecified atom stereocenters. The normalized spacial score (nSPS) is 17.2. The third-order valence-corrected chi connectivity index (χ3v) is 3.29. The van der Waals surface area contributed by atoms with Crippen molar-refractivity contribution in [2.24, 2.45) is 5.92 Å². The Labute approximate surface area is 104 Å². The predicted octanol–water partition coefficient (Wildman–Crippen LogP) is 2.03. The summed E-state index contributed by atoms with van der Waals surface area (Å²) >= 11 is 0. The summed E-state index contributed by atoms with van der Waals surface area (Å²) in [6.07, 6.45) is 8.45. The molecule has 1 aromatic rings. The molecule has 0 amide bonds. The molecule has 0 atom stereocenters. The third-order valence-electron chi connectivity index (χ3n) is 3.29. The quantitative estimate of drug-likeness (QED) is 0.765. The molecular formula is C14H22N2O. The number of hydrogen-bond acceptors (Lipinski definition) is 3. The first-order chi connectivity index (χ1) is 8.45. The van der Waals surface area contributed by atoms with E-state index in [1.807, 2.05) is 18.5 Å². The number of hydrogen-bond donors (Lipinski definition) is 1. The number of ether oxygens (including phenoxy) is 1. The van der Waals surface area contributed by atoms with E-state index in [1.165, 1.54) is 18.4 Å². The van der Waals surface area contributed by atoms with Gasteiger partial charge in [-0.3, -0.25) is 4.98 Å². The van der Waals surface area contributed by atoms with Crippen molar-refractivity contribution in [2.75, 3.05) is 26.3 Å². The number of aromatic nitrogens is 1. The number of nitrogens with zero attached hydrogens (tertiary/aromatic N) is 1. The number of piperidine rings is 1. The highest BCUT2D eigenvalue weighted by Gasteiger charge is 2.12. The Morgan fingerprint density at radius 1 is 1.35 bits per heavy atom. The molecular weight excluding hydrogens is 212 g/mol. The Morgan fingerprint density at radius 2 is 2.24 bits per heavy atom. The van der Waals surface area contributed by atoms with Crippen LogP contribution < -0.4 is 5.32 Å². The second kappa shape index (κ2) is 7.41. The SMILES string of the molecule is c1cncc(CCCOCC2CCNCC2)c1. The van der Waals surface area contributed by atoms with Gasteiger partial charge in [-0.2, -0.15) is 0 Å². The van der Waals surface area contributed by atoms with Gasteiger partial charge in [0.15, 0.2) is 0 Å². The minimum Gasteiger partial charge on any atom is -0.381 e. The summed E-state index contributed by atoms with van der Waals surface area (Å²) in [4.78, 5) is 4.11. The minimum atomic E-state index is 0.773. The molecule has 1 aliphatic rings. The molecule has 1 N–H and O–H groups in total. The average Bonchev–Trinajstić information content (AvgIpc) is 2.41. The number of pyridine rings is 1. The topological polar surface area (TPSA) is 34.1 Å². The van der Waals surface area contributed by atoms with Gasteiger partial charge in [0.25, 0.3) is 0 Å². The van der Waals surface area contributed by atoms with E-state index in [4.69, 9.17) is 4.74 Å². The first-order valence-corrected chi connectivity index (χ1v) is 6.62. The lowest BCUT2D eigenvalue weighted by Crippen LogP contribution is -2.30. The Balaban J connectivity index is 1.51. The molecule has 1 saturated heterocycles. The number of nitrogens with one attached hydrogen (secondary N) is 1. The summed E-state index contributed by atoms with van der Waals surface area (Å²) in [5, 5.41) is 3.38. The predicted molar refractivity (Wildman–Crippen MR) is 69.0 cm³/mol. The van der Waals surface area contributed by atoms with Crippen LogP contribution in [0, 0.1) is 5.92 Å². The monoisotopic (exact) mass is 234 g/mol. The van der Waals surface area contributed by atoms with Crippen LogP contribution in [0.4, 0.5) is 0 Å². The van der Waals surface area contributed by atoms with E-state index in [0.29, 0.717) is 0 Å². The maximum atomic E-state index is 5.75. The van der Waals surface area contributed by atoms with Crippen LogP contribution in [0.5, 0.6) is 0 Å². The molecule has 0 spiro atoms. The van der Waals surface area contributed by atoms with E-state index in [-0.39, 0.29) is 0 Å². The molecule has 3 heteroatoms. The lowest BCUT2D eigenvalue weighted by Gasteiger charge is -2.22. The van der Waals surface area contributed by atoms with Gasteiger partial charge >= 0.3 is 0 Å². The third kappa shape index (κ3) is 4.84. The van der Waals surface area contributed by atoms with Crippen LogP contribution >= 0.6 is 0 Å². The molecule has 1 fully saturated rings. The summed E-state index contributed by atoms with van der Waals surface area (Å²) < 4.78 is 5.75. The summed E-state index contributed by atoms with van der Waals surface area (Å²) in [6, 6.07) is 4.12.